The van der Waals surface area contributed by atoms with E-state index in [1.165, 1.54) is 19.3 Å². The van der Waals surface area contributed by atoms with Crippen LogP contribution >= 0.6 is 0 Å². The number of carbonyl (C=O) groups excluding carboxylic acids is 2. The van der Waals surface area contributed by atoms with Crippen molar-refractivity contribution in [1.29, 1.82) is 0 Å². The Balaban J connectivity index is 1.65. The number of anilines is 1. The summed E-state index contributed by atoms with van der Waals surface area (Å²) in [7, 11) is 0. The van der Waals surface area contributed by atoms with Crippen molar-refractivity contribution < 1.29 is 14.3 Å². The largest absolute Gasteiger partial charge is 0.466 e. The minimum atomic E-state index is -0.132. The molecule has 0 spiro atoms. The molecule has 0 aromatic heterocycles. The maximum absolute atomic E-state index is 13.1. The molecule has 1 aromatic rings. The minimum absolute atomic E-state index is 0.0389. The average Bonchev–Trinajstić information content (AvgIpc) is 3.17. The second-order valence-electron chi connectivity index (χ2n) is 7.67. The fourth-order valence-corrected chi connectivity index (χ4v) is 4.53. The number of hydrogen-bond acceptors (Lipinski definition) is 4. The van der Waals surface area contributed by atoms with Crippen molar-refractivity contribution >= 4 is 17.6 Å². The number of nitrogens with one attached hydrogen (secondary N) is 1. The number of carbonyl (C=O) groups is 2. The third kappa shape index (κ3) is 5.10. The molecule has 2 fully saturated rings. The predicted octanol–water partition coefficient (Wildman–Crippen LogP) is 3.67. The van der Waals surface area contributed by atoms with Crippen LogP contribution in [0.15, 0.2) is 30.3 Å². The molecule has 2 aliphatic rings. The van der Waals surface area contributed by atoms with Crippen LogP contribution in [-0.2, 0) is 14.3 Å². The highest BCUT2D eigenvalue weighted by molar-refractivity contribution is 5.95. The third-order valence-corrected chi connectivity index (χ3v) is 5.86. The molecule has 3 rings (SSSR count). The highest BCUT2D eigenvalue weighted by atomic mass is 16.5. The van der Waals surface area contributed by atoms with Gasteiger partial charge in [0.25, 0.3) is 0 Å². The topological polar surface area (TPSA) is 58.6 Å². The first kappa shape index (κ1) is 19.9. The van der Waals surface area contributed by atoms with Gasteiger partial charge in [-0.05, 0) is 44.7 Å². The minimum Gasteiger partial charge on any atom is -0.466 e. The lowest BCUT2D eigenvalue weighted by atomic mass is 9.93. The number of rotatable bonds is 7. The zero-order chi connectivity index (χ0) is 19.1. The van der Waals surface area contributed by atoms with Crippen molar-refractivity contribution in [2.24, 2.45) is 5.92 Å². The smallest absolute Gasteiger partial charge is 0.310 e. The Morgan fingerprint density at radius 3 is 2.48 bits per heavy atom. The SMILES string of the molecule is CCOC(=O)C1CCCC1NCC(=O)N(c1ccccc1)C1CCCCC1. The molecule has 0 aliphatic heterocycles. The highest BCUT2D eigenvalue weighted by Gasteiger charge is 2.35. The van der Waals surface area contributed by atoms with Gasteiger partial charge in [0, 0.05) is 17.8 Å². The van der Waals surface area contributed by atoms with Gasteiger partial charge in [-0.15, -0.1) is 0 Å². The standard InChI is InChI=1S/C22H32N2O3/c1-2-27-22(26)19-14-9-15-20(19)23-16-21(25)24(17-10-5-3-6-11-17)18-12-7-4-8-13-18/h3,5-6,10-11,18-20,23H,2,4,7-9,12-16H2,1H3. The number of amides is 1. The van der Waals surface area contributed by atoms with Crippen molar-refractivity contribution in [3.63, 3.8) is 0 Å². The van der Waals surface area contributed by atoms with Crippen molar-refractivity contribution in [2.75, 3.05) is 18.1 Å². The van der Waals surface area contributed by atoms with E-state index < -0.39 is 0 Å². The molecular formula is C22H32N2O3. The van der Waals surface area contributed by atoms with Crippen LogP contribution in [0.5, 0.6) is 0 Å². The van der Waals surface area contributed by atoms with Gasteiger partial charge in [-0.2, -0.15) is 0 Å². The fraction of sp³-hybridized carbons (Fsp3) is 0.636. The summed E-state index contributed by atoms with van der Waals surface area (Å²) in [6.07, 6.45) is 8.52. The Labute approximate surface area is 162 Å². The van der Waals surface area contributed by atoms with Gasteiger partial charge in [0.1, 0.15) is 0 Å². The summed E-state index contributed by atoms with van der Waals surface area (Å²) in [6.45, 7) is 2.51. The molecule has 0 saturated heterocycles. The van der Waals surface area contributed by atoms with Gasteiger partial charge in [-0.3, -0.25) is 9.59 Å². The van der Waals surface area contributed by atoms with Crippen molar-refractivity contribution in [3.05, 3.63) is 30.3 Å². The van der Waals surface area contributed by atoms with Gasteiger partial charge in [-0.1, -0.05) is 43.9 Å². The molecule has 0 radical (unpaired) electrons. The van der Waals surface area contributed by atoms with Crippen LogP contribution in [0.2, 0.25) is 0 Å². The molecule has 2 atom stereocenters. The fourth-order valence-electron chi connectivity index (χ4n) is 4.53. The molecule has 2 unspecified atom stereocenters. The lowest BCUT2D eigenvalue weighted by molar-refractivity contribution is -0.148. The molecule has 5 nitrogen and oxygen atoms in total. The number of nitrogens with zero attached hydrogens (tertiary/aromatic N) is 1. The number of ether oxygens (including phenoxy) is 1. The van der Waals surface area contributed by atoms with Crippen molar-refractivity contribution in [3.8, 4) is 0 Å². The maximum Gasteiger partial charge on any atom is 0.310 e. The molecule has 0 heterocycles. The lowest BCUT2D eigenvalue weighted by Gasteiger charge is -2.35. The third-order valence-electron chi connectivity index (χ3n) is 5.86. The lowest BCUT2D eigenvalue weighted by Crippen LogP contribution is -2.48. The number of benzene rings is 1. The molecule has 5 heteroatoms. The summed E-state index contributed by atoms with van der Waals surface area (Å²) in [4.78, 5) is 27.3. The first-order valence-electron chi connectivity index (χ1n) is 10.5. The van der Waals surface area contributed by atoms with Gasteiger partial charge in [-0.25, -0.2) is 0 Å². The average molecular weight is 373 g/mol. The van der Waals surface area contributed by atoms with Crippen LogP contribution in [0.3, 0.4) is 0 Å². The van der Waals surface area contributed by atoms with Crippen LogP contribution in [0.25, 0.3) is 0 Å². The predicted molar refractivity (Wildman–Crippen MR) is 107 cm³/mol. The van der Waals surface area contributed by atoms with E-state index in [4.69, 9.17) is 4.74 Å². The molecular weight excluding hydrogens is 340 g/mol. The number of esters is 1. The quantitative estimate of drug-likeness (QED) is 0.742. The molecule has 27 heavy (non-hydrogen) atoms. The Hall–Kier alpha value is -1.88. The Morgan fingerprint density at radius 2 is 1.78 bits per heavy atom. The van der Waals surface area contributed by atoms with Crippen LogP contribution in [0.1, 0.15) is 58.3 Å². The van der Waals surface area contributed by atoms with E-state index in [1.54, 1.807) is 0 Å². The van der Waals surface area contributed by atoms with E-state index in [0.717, 1.165) is 37.8 Å². The van der Waals surface area contributed by atoms with E-state index in [-0.39, 0.29) is 36.4 Å². The van der Waals surface area contributed by atoms with Gasteiger partial charge in [0.05, 0.1) is 19.1 Å². The van der Waals surface area contributed by atoms with Crippen molar-refractivity contribution in [2.45, 2.75) is 70.4 Å². The molecule has 1 N–H and O–H groups in total. The van der Waals surface area contributed by atoms with Crippen LogP contribution in [0.4, 0.5) is 5.69 Å². The van der Waals surface area contributed by atoms with Crippen molar-refractivity contribution in [1.82, 2.24) is 5.32 Å². The van der Waals surface area contributed by atoms with Crippen LogP contribution < -0.4 is 10.2 Å². The molecule has 2 saturated carbocycles. The Kier molecular flexibility index (Phi) is 7.27. The first-order chi connectivity index (χ1) is 13.2. The highest BCUT2D eigenvalue weighted by Crippen LogP contribution is 2.29. The van der Waals surface area contributed by atoms with Gasteiger partial charge in [0.15, 0.2) is 0 Å². The summed E-state index contributed by atoms with van der Waals surface area (Å²) in [5.74, 6) is -0.160. The molecule has 2 aliphatic carbocycles. The van der Waals surface area contributed by atoms with E-state index in [0.29, 0.717) is 6.61 Å². The summed E-state index contributed by atoms with van der Waals surface area (Å²) in [5.41, 5.74) is 0.976. The number of hydrogen-bond donors (Lipinski definition) is 1. The maximum atomic E-state index is 13.1. The van der Waals surface area contributed by atoms with Crippen LogP contribution in [0, 0.1) is 5.92 Å². The summed E-state index contributed by atoms with van der Waals surface area (Å²) in [6, 6.07) is 10.3. The van der Waals surface area contributed by atoms with Gasteiger partial charge >= 0.3 is 5.97 Å². The van der Waals surface area contributed by atoms with Crippen LogP contribution in [-0.4, -0.2) is 37.1 Å². The summed E-state index contributed by atoms with van der Waals surface area (Å²) in [5, 5.41) is 3.37. The zero-order valence-electron chi connectivity index (χ0n) is 16.4. The second-order valence-corrected chi connectivity index (χ2v) is 7.67. The first-order valence-corrected chi connectivity index (χ1v) is 10.5. The Morgan fingerprint density at radius 1 is 1.04 bits per heavy atom. The van der Waals surface area contributed by atoms with Gasteiger partial charge in [0.2, 0.25) is 5.91 Å². The monoisotopic (exact) mass is 372 g/mol. The normalized spacial score (nSPS) is 23.1. The molecule has 148 valence electrons. The Bertz CT molecular complexity index is 613. The van der Waals surface area contributed by atoms with E-state index in [2.05, 4.69) is 5.32 Å². The number of para-hydroxylation sites is 1. The summed E-state index contributed by atoms with van der Waals surface area (Å²) < 4.78 is 5.20. The molecule has 0 bridgehead atoms. The summed E-state index contributed by atoms with van der Waals surface area (Å²) >= 11 is 0. The molecule has 1 aromatic carbocycles. The molecule has 1 amide bonds. The van der Waals surface area contributed by atoms with E-state index in [1.807, 2.05) is 42.2 Å². The van der Waals surface area contributed by atoms with E-state index in [9.17, 15) is 9.59 Å². The zero-order valence-corrected chi connectivity index (χ0v) is 16.4. The second kappa shape index (κ2) is 9.88. The van der Waals surface area contributed by atoms with E-state index >= 15 is 0 Å². The van der Waals surface area contributed by atoms with Gasteiger partial charge < -0.3 is 15.0 Å².